The summed E-state index contributed by atoms with van der Waals surface area (Å²) >= 11 is 0. The molecule has 5 N–H and O–H groups in total. The zero-order valence-electron chi connectivity index (χ0n) is 18.9. The number of nitrogens with zero attached hydrogens (tertiary/aromatic N) is 1. The fourth-order valence-electron chi connectivity index (χ4n) is 3.54. The van der Waals surface area contributed by atoms with Crippen molar-refractivity contribution in [2.75, 3.05) is 23.7 Å². The van der Waals surface area contributed by atoms with Crippen molar-refractivity contribution in [3.05, 3.63) is 59.7 Å². The van der Waals surface area contributed by atoms with Crippen LogP contribution in [0.5, 0.6) is 0 Å². The van der Waals surface area contributed by atoms with E-state index in [-0.39, 0.29) is 23.9 Å². The minimum absolute atomic E-state index is 0.0354. The SMILES string of the molecule is CCNC(=NCc1ccc(NC(=O)NC(C)C)cc1)NCC1CC(=O)Nc2ccccc21. The molecule has 0 saturated heterocycles. The molecule has 1 aliphatic heterocycles. The van der Waals surface area contributed by atoms with Crippen LogP contribution < -0.4 is 26.6 Å². The lowest BCUT2D eigenvalue weighted by Gasteiger charge is -2.26. The summed E-state index contributed by atoms with van der Waals surface area (Å²) in [5.41, 5.74) is 3.78. The first kappa shape index (κ1) is 23.1. The van der Waals surface area contributed by atoms with Crippen molar-refractivity contribution in [1.82, 2.24) is 16.0 Å². The highest BCUT2D eigenvalue weighted by atomic mass is 16.2. The number of carbonyl (C=O) groups excluding carboxylic acids is 2. The van der Waals surface area contributed by atoms with E-state index in [0.29, 0.717) is 25.5 Å². The van der Waals surface area contributed by atoms with Gasteiger partial charge in [-0.05, 0) is 50.1 Å². The maximum absolute atomic E-state index is 12.0. The number of fused-ring (bicyclic) bond motifs is 1. The first-order chi connectivity index (χ1) is 15.4. The van der Waals surface area contributed by atoms with Crippen LogP contribution in [0.4, 0.5) is 16.2 Å². The standard InChI is InChI=1S/C24H32N6O2/c1-4-25-23(27-15-18-13-22(31)30-21-8-6-5-7-20(18)21)26-14-17-9-11-19(12-10-17)29-24(32)28-16(2)3/h5-12,16,18H,4,13-15H2,1-3H3,(H,30,31)(H2,25,26,27)(H2,28,29,32). The molecular weight excluding hydrogens is 404 g/mol. The number of aliphatic imine (C=N–C) groups is 1. The Morgan fingerprint density at radius 2 is 1.88 bits per heavy atom. The number of carbonyl (C=O) groups is 2. The van der Waals surface area contributed by atoms with Crippen LogP contribution in [0, 0.1) is 0 Å². The molecule has 8 heteroatoms. The van der Waals surface area contributed by atoms with Gasteiger partial charge in [0.05, 0.1) is 6.54 Å². The second kappa shape index (κ2) is 11.2. The van der Waals surface area contributed by atoms with Gasteiger partial charge < -0.3 is 26.6 Å². The van der Waals surface area contributed by atoms with E-state index in [1.54, 1.807) is 0 Å². The van der Waals surface area contributed by atoms with Crippen molar-refractivity contribution < 1.29 is 9.59 Å². The summed E-state index contributed by atoms with van der Waals surface area (Å²) in [4.78, 5) is 28.5. The molecule has 1 aliphatic rings. The Bertz CT molecular complexity index is 955. The molecule has 8 nitrogen and oxygen atoms in total. The van der Waals surface area contributed by atoms with Gasteiger partial charge in [0.15, 0.2) is 5.96 Å². The van der Waals surface area contributed by atoms with Crippen molar-refractivity contribution in [3.8, 4) is 0 Å². The molecule has 0 saturated carbocycles. The van der Waals surface area contributed by atoms with Crippen LogP contribution in [-0.2, 0) is 11.3 Å². The number of benzene rings is 2. The summed E-state index contributed by atoms with van der Waals surface area (Å²) in [6, 6.07) is 15.4. The van der Waals surface area contributed by atoms with Gasteiger partial charge in [0.2, 0.25) is 5.91 Å². The summed E-state index contributed by atoms with van der Waals surface area (Å²) in [5.74, 6) is 0.828. The van der Waals surface area contributed by atoms with E-state index in [9.17, 15) is 9.59 Å². The van der Waals surface area contributed by atoms with Crippen molar-refractivity contribution in [1.29, 1.82) is 0 Å². The average molecular weight is 437 g/mol. The lowest BCUT2D eigenvalue weighted by Crippen LogP contribution is -2.40. The molecule has 1 unspecified atom stereocenters. The highest BCUT2D eigenvalue weighted by Gasteiger charge is 2.24. The topological polar surface area (TPSA) is 107 Å². The molecule has 0 aromatic heterocycles. The van der Waals surface area contributed by atoms with Crippen molar-refractivity contribution >= 4 is 29.3 Å². The molecule has 3 amide bonds. The van der Waals surface area contributed by atoms with Crippen molar-refractivity contribution in [3.63, 3.8) is 0 Å². The zero-order chi connectivity index (χ0) is 22.9. The number of para-hydroxylation sites is 1. The lowest BCUT2D eigenvalue weighted by molar-refractivity contribution is -0.116. The number of nitrogens with one attached hydrogen (secondary N) is 5. The fraction of sp³-hybridized carbons (Fsp3) is 0.375. The van der Waals surface area contributed by atoms with Crippen LogP contribution in [0.3, 0.4) is 0 Å². The van der Waals surface area contributed by atoms with Gasteiger partial charge in [0.1, 0.15) is 0 Å². The predicted octanol–water partition coefficient (Wildman–Crippen LogP) is 3.40. The Hall–Kier alpha value is -3.55. The third-order valence-electron chi connectivity index (χ3n) is 5.02. The summed E-state index contributed by atoms with van der Waals surface area (Å²) in [7, 11) is 0. The Balaban J connectivity index is 1.58. The first-order valence-corrected chi connectivity index (χ1v) is 11.0. The van der Waals surface area contributed by atoms with Gasteiger partial charge in [-0.2, -0.15) is 0 Å². The highest BCUT2D eigenvalue weighted by molar-refractivity contribution is 5.95. The molecule has 1 heterocycles. The number of guanidine groups is 1. The van der Waals surface area contributed by atoms with Gasteiger partial charge >= 0.3 is 6.03 Å². The fourth-order valence-corrected chi connectivity index (χ4v) is 3.54. The minimum atomic E-state index is -0.220. The number of hydrogen-bond acceptors (Lipinski definition) is 3. The Morgan fingerprint density at radius 1 is 1.12 bits per heavy atom. The number of hydrogen-bond donors (Lipinski definition) is 5. The number of rotatable bonds is 7. The molecule has 170 valence electrons. The molecule has 0 fully saturated rings. The van der Waals surface area contributed by atoms with Gasteiger partial charge in [0, 0.05) is 42.8 Å². The van der Waals surface area contributed by atoms with Crippen molar-refractivity contribution in [2.24, 2.45) is 4.99 Å². The summed E-state index contributed by atoms with van der Waals surface area (Å²) in [6.45, 7) is 7.70. The Kier molecular flexibility index (Phi) is 8.08. The third kappa shape index (κ3) is 6.73. The predicted molar refractivity (Wildman–Crippen MR) is 129 cm³/mol. The molecule has 0 spiro atoms. The summed E-state index contributed by atoms with van der Waals surface area (Å²) < 4.78 is 0. The second-order valence-corrected chi connectivity index (χ2v) is 8.06. The van der Waals surface area contributed by atoms with E-state index in [4.69, 9.17) is 0 Å². The van der Waals surface area contributed by atoms with Crippen LogP contribution in [-0.4, -0.2) is 37.0 Å². The van der Waals surface area contributed by atoms with Gasteiger partial charge in [0.25, 0.3) is 0 Å². The molecule has 3 rings (SSSR count). The summed E-state index contributed by atoms with van der Waals surface area (Å²) in [6.07, 6.45) is 0.447. The molecule has 0 aliphatic carbocycles. The van der Waals surface area contributed by atoms with Crippen LogP contribution in [0.1, 0.15) is 44.2 Å². The highest BCUT2D eigenvalue weighted by Crippen LogP contribution is 2.31. The first-order valence-electron chi connectivity index (χ1n) is 11.0. The lowest BCUT2D eigenvalue weighted by atomic mass is 9.90. The van der Waals surface area contributed by atoms with Gasteiger partial charge in [-0.1, -0.05) is 30.3 Å². The van der Waals surface area contributed by atoms with E-state index >= 15 is 0 Å². The molecular formula is C24H32N6O2. The third-order valence-corrected chi connectivity index (χ3v) is 5.02. The van der Waals surface area contributed by atoms with Gasteiger partial charge in [-0.25, -0.2) is 9.79 Å². The van der Waals surface area contributed by atoms with Crippen LogP contribution in [0.25, 0.3) is 0 Å². The van der Waals surface area contributed by atoms with Crippen LogP contribution >= 0.6 is 0 Å². The van der Waals surface area contributed by atoms with E-state index < -0.39 is 0 Å². The maximum atomic E-state index is 12.0. The molecule has 0 radical (unpaired) electrons. The molecule has 2 aromatic carbocycles. The smallest absolute Gasteiger partial charge is 0.319 e. The van der Waals surface area contributed by atoms with Crippen LogP contribution in [0.15, 0.2) is 53.5 Å². The minimum Gasteiger partial charge on any atom is -0.357 e. The van der Waals surface area contributed by atoms with E-state index in [0.717, 1.165) is 29.0 Å². The maximum Gasteiger partial charge on any atom is 0.319 e. The molecule has 0 bridgehead atoms. The number of amides is 3. The monoisotopic (exact) mass is 436 g/mol. The zero-order valence-corrected chi connectivity index (χ0v) is 18.9. The average Bonchev–Trinajstić information content (AvgIpc) is 2.75. The van der Waals surface area contributed by atoms with E-state index in [2.05, 4.69) is 37.6 Å². The normalized spacial score (nSPS) is 15.6. The van der Waals surface area contributed by atoms with Crippen LogP contribution in [0.2, 0.25) is 0 Å². The molecule has 1 atom stereocenters. The van der Waals surface area contributed by atoms with E-state index in [1.165, 1.54) is 0 Å². The molecule has 32 heavy (non-hydrogen) atoms. The number of urea groups is 1. The Morgan fingerprint density at radius 3 is 2.59 bits per heavy atom. The quantitative estimate of drug-likeness (QED) is 0.339. The molecule has 2 aromatic rings. The van der Waals surface area contributed by atoms with Gasteiger partial charge in [-0.3, -0.25) is 4.79 Å². The van der Waals surface area contributed by atoms with Crippen molar-refractivity contribution in [2.45, 2.75) is 45.7 Å². The largest absolute Gasteiger partial charge is 0.357 e. The Labute approximate surface area is 189 Å². The number of anilines is 2. The summed E-state index contributed by atoms with van der Waals surface area (Å²) in [5, 5.41) is 15.2. The van der Waals surface area contributed by atoms with Gasteiger partial charge in [-0.15, -0.1) is 0 Å². The second-order valence-electron chi connectivity index (χ2n) is 8.06. The van der Waals surface area contributed by atoms with E-state index in [1.807, 2.05) is 63.2 Å².